The van der Waals surface area contributed by atoms with Crippen LogP contribution in [-0.4, -0.2) is 47.3 Å². The van der Waals surface area contributed by atoms with E-state index in [9.17, 15) is 4.79 Å². The van der Waals surface area contributed by atoms with Gasteiger partial charge < -0.3 is 19.9 Å². The van der Waals surface area contributed by atoms with Gasteiger partial charge in [-0.05, 0) is 61.4 Å². The Bertz CT molecular complexity index is 1570. The van der Waals surface area contributed by atoms with Crippen molar-refractivity contribution < 1.29 is 9.53 Å². The molecule has 1 aliphatic rings. The number of nitrogens with zero attached hydrogens (tertiary/aromatic N) is 3. The van der Waals surface area contributed by atoms with Crippen LogP contribution in [0.15, 0.2) is 67.0 Å². The van der Waals surface area contributed by atoms with Gasteiger partial charge in [0.25, 0.3) is 5.91 Å². The number of nitrogens with one attached hydrogen (secondary N) is 3. The van der Waals surface area contributed by atoms with Crippen molar-refractivity contribution in [2.45, 2.75) is 45.3 Å². The van der Waals surface area contributed by atoms with Gasteiger partial charge in [-0.1, -0.05) is 43.6 Å². The molecule has 2 aromatic carbocycles. The van der Waals surface area contributed by atoms with E-state index >= 15 is 0 Å². The third-order valence-electron chi connectivity index (χ3n) is 6.72. The second-order valence-electron chi connectivity index (χ2n) is 11.3. The highest BCUT2D eigenvalue weighted by atomic mass is 28.3. The van der Waals surface area contributed by atoms with E-state index in [0.717, 1.165) is 35.5 Å². The van der Waals surface area contributed by atoms with Gasteiger partial charge in [-0.25, -0.2) is 4.68 Å². The summed E-state index contributed by atoms with van der Waals surface area (Å²) in [4.78, 5) is 12.9. The van der Waals surface area contributed by atoms with E-state index in [4.69, 9.17) is 15.2 Å². The summed E-state index contributed by atoms with van der Waals surface area (Å²) < 4.78 is 9.59. The molecule has 0 radical (unpaired) electrons. The van der Waals surface area contributed by atoms with E-state index < -0.39 is 8.07 Å². The van der Waals surface area contributed by atoms with E-state index in [2.05, 4.69) is 42.1 Å². The number of ether oxygens (including phenoxy) is 1. The van der Waals surface area contributed by atoms with E-state index in [1.54, 1.807) is 10.6 Å². The maximum atomic E-state index is 12.9. The molecule has 0 unspecified atom stereocenters. The topological polar surface area (TPSA) is 97.0 Å². The van der Waals surface area contributed by atoms with Gasteiger partial charge in [0.2, 0.25) is 0 Å². The largest absolute Gasteiger partial charge is 0.360 e. The molecule has 9 heteroatoms. The highest BCUT2D eigenvalue weighted by Crippen LogP contribution is 2.28. The molecule has 2 aromatic heterocycles. The predicted molar refractivity (Wildman–Crippen MR) is 163 cm³/mol. The number of anilines is 2. The van der Waals surface area contributed by atoms with Crippen LogP contribution in [0.5, 0.6) is 0 Å². The average molecular weight is 553 g/mol. The minimum absolute atomic E-state index is 0.169. The van der Waals surface area contributed by atoms with Crippen LogP contribution in [0.4, 0.5) is 11.4 Å². The second-order valence-corrected chi connectivity index (χ2v) is 16.9. The second kappa shape index (κ2) is 11.9. The van der Waals surface area contributed by atoms with Crippen LogP contribution in [0.25, 0.3) is 10.9 Å². The van der Waals surface area contributed by atoms with Crippen LogP contribution in [0, 0.1) is 23.2 Å². The van der Waals surface area contributed by atoms with Gasteiger partial charge in [0.05, 0.1) is 23.3 Å². The lowest BCUT2D eigenvalue weighted by atomic mass is 10.1. The van der Waals surface area contributed by atoms with Crippen molar-refractivity contribution in [2.75, 3.05) is 18.5 Å². The number of benzene rings is 2. The van der Waals surface area contributed by atoms with Crippen LogP contribution < -0.4 is 10.6 Å². The van der Waals surface area contributed by atoms with E-state index in [1.807, 2.05) is 65.6 Å². The number of amides is 1. The van der Waals surface area contributed by atoms with Gasteiger partial charge in [0.1, 0.15) is 12.4 Å². The van der Waals surface area contributed by atoms with Gasteiger partial charge in [0.15, 0.2) is 5.84 Å². The van der Waals surface area contributed by atoms with Crippen LogP contribution >= 0.6 is 0 Å². The van der Waals surface area contributed by atoms with Gasteiger partial charge in [0, 0.05) is 44.1 Å². The van der Waals surface area contributed by atoms with E-state index in [-0.39, 0.29) is 5.91 Å². The SMILES string of the molecule is C[Si](C)(C)CCOCn1nc(C(=N)n2cccc2)c2ccc(Nc3ccccc3C(=O)NCC#CC3CC3)cc21. The molecular formula is C31H36N6O2Si. The van der Waals surface area contributed by atoms with Gasteiger partial charge in [-0.3, -0.25) is 10.2 Å². The lowest BCUT2D eigenvalue weighted by Gasteiger charge is -2.15. The molecule has 3 N–H and O–H groups in total. The highest BCUT2D eigenvalue weighted by molar-refractivity contribution is 6.76. The van der Waals surface area contributed by atoms with Crippen LogP contribution in [-0.2, 0) is 11.5 Å². The smallest absolute Gasteiger partial charge is 0.254 e. The molecule has 1 amide bonds. The van der Waals surface area contributed by atoms with Crippen LogP contribution in [0.1, 0.15) is 28.9 Å². The summed E-state index contributed by atoms with van der Waals surface area (Å²) in [5.41, 5.74) is 3.49. The quantitative estimate of drug-likeness (QED) is 0.0749. The Labute approximate surface area is 236 Å². The molecule has 1 fully saturated rings. The third-order valence-corrected chi connectivity index (χ3v) is 8.42. The molecule has 1 aliphatic carbocycles. The van der Waals surface area contributed by atoms with E-state index in [1.165, 1.54) is 0 Å². The molecule has 206 valence electrons. The van der Waals surface area contributed by atoms with Gasteiger partial charge in [-0.2, -0.15) is 5.10 Å². The summed E-state index contributed by atoms with van der Waals surface area (Å²) in [6.07, 6.45) is 6.01. The Morgan fingerprint density at radius 2 is 1.90 bits per heavy atom. The highest BCUT2D eigenvalue weighted by Gasteiger charge is 2.19. The Kier molecular flexibility index (Phi) is 8.19. The Morgan fingerprint density at radius 1 is 1.12 bits per heavy atom. The number of para-hydroxylation sites is 1. The third kappa shape index (κ3) is 6.89. The summed E-state index contributed by atoms with van der Waals surface area (Å²) in [5, 5.41) is 20.7. The van der Waals surface area contributed by atoms with Gasteiger partial charge >= 0.3 is 0 Å². The van der Waals surface area contributed by atoms with Crippen LogP contribution in [0.2, 0.25) is 25.7 Å². The first-order valence-electron chi connectivity index (χ1n) is 13.7. The standard InChI is InChI=1S/C31H36N6O2Si/c1-40(2,3)20-19-39-22-37-28-21-24(14-15-26(28)29(35-37)30(32)36-17-6-7-18-36)34-27-11-5-4-10-25(27)31(38)33-16-8-9-23-12-13-23/h4-7,10-11,14-15,17-18,21,23,32,34H,12-13,16,19-20,22H2,1-3H3,(H,33,38). The van der Waals surface area contributed by atoms with Crippen LogP contribution in [0.3, 0.4) is 0 Å². The molecule has 4 aromatic rings. The van der Waals surface area contributed by atoms with E-state index in [0.29, 0.717) is 48.6 Å². The minimum atomic E-state index is -1.22. The summed E-state index contributed by atoms with van der Waals surface area (Å²) in [6.45, 7) is 8.29. The van der Waals surface area contributed by atoms with Crippen molar-refractivity contribution in [3.05, 3.63) is 78.2 Å². The lowest BCUT2D eigenvalue weighted by molar-refractivity contribution is 0.0816. The number of rotatable bonds is 10. The Hall–Kier alpha value is -4.13. The predicted octanol–water partition coefficient (Wildman–Crippen LogP) is 5.91. The Morgan fingerprint density at radius 3 is 2.65 bits per heavy atom. The molecule has 0 aliphatic heterocycles. The molecule has 40 heavy (non-hydrogen) atoms. The average Bonchev–Trinajstić information content (AvgIpc) is 3.45. The number of fused-ring (bicyclic) bond motifs is 1. The lowest BCUT2D eigenvalue weighted by Crippen LogP contribution is -2.24. The molecule has 1 saturated carbocycles. The molecule has 8 nitrogen and oxygen atoms in total. The zero-order chi connectivity index (χ0) is 28.1. The zero-order valence-corrected chi connectivity index (χ0v) is 24.3. The minimum Gasteiger partial charge on any atom is -0.360 e. The fourth-order valence-electron chi connectivity index (χ4n) is 4.25. The van der Waals surface area contributed by atoms with Crippen molar-refractivity contribution >= 4 is 42.1 Å². The normalized spacial score (nSPS) is 13.1. The fraction of sp³-hybridized carbons (Fsp3) is 0.323. The van der Waals surface area contributed by atoms with Crippen molar-refractivity contribution in [3.8, 4) is 11.8 Å². The summed E-state index contributed by atoms with van der Waals surface area (Å²) in [7, 11) is -1.22. The zero-order valence-electron chi connectivity index (χ0n) is 23.3. The van der Waals surface area contributed by atoms with Crippen molar-refractivity contribution in [3.63, 3.8) is 0 Å². The number of carbonyl (C=O) groups excluding carboxylic acids is 1. The summed E-state index contributed by atoms with van der Waals surface area (Å²) in [6, 6.07) is 18.2. The molecule has 0 atom stereocenters. The first-order chi connectivity index (χ1) is 19.3. The van der Waals surface area contributed by atoms with Gasteiger partial charge in [-0.15, -0.1) is 0 Å². The maximum Gasteiger partial charge on any atom is 0.254 e. The molecule has 2 heterocycles. The monoisotopic (exact) mass is 552 g/mol. The number of aromatic nitrogens is 3. The Balaban J connectivity index is 1.39. The first-order valence-corrected chi connectivity index (χ1v) is 17.4. The maximum absolute atomic E-state index is 12.9. The van der Waals surface area contributed by atoms with Crippen molar-refractivity contribution in [1.82, 2.24) is 19.7 Å². The number of carbonyl (C=O) groups is 1. The summed E-state index contributed by atoms with van der Waals surface area (Å²) >= 11 is 0. The molecule has 5 rings (SSSR count). The first kappa shape index (κ1) is 27.4. The number of hydrogen-bond donors (Lipinski definition) is 3. The molecule has 0 spiro atoms. The molecule has 0 saturated heterocycles. The molecular weight excluding hydrogens is 516 g/mol. The number of hydrogen-bond acceptors (Lipinski definition) is 5. The van der Waals surface area contributed by atoms with Crippen molar-refractivity contribution in [1.29, 1.82) is 5.41 Å². The fourth-order valence-corrected chi connectivity index (χ4v) is 5.01. The molecule has 0 bridgehead atoms. The van der Waals surface area contributed by atoms with Crippen molar-refractivity contribution in [2.24, 2.45) is 5.92 Å². The summed E-state index contributed by atoms with van der Waals surface area (Å²) in [5.74, 6) is 6.86.